The molecule has 2 N–H and O–H groups in total. The van der Waals surface area contributed by atoms with Gasteiger partial charge < -0.3 is 10.1 Å². The second-order valence-electron chi connectivity index (χ2n) is 4.79. The lowest BCUT2D eigenvalue weighted by Crippen LogP contribution is -2.41. The number of hydrazine groups is 1. The van der Waals surface area contributed by atoms with Gasteiger partial charge >= 0.3 is 0 Å². The fourth-order valence-corrected chi connectivity index (χ4v) is 1.98. The maximum atomic E-state index is 11.8. The number of carbonyl (C=O) groups is 1. The van der Waals surface area contributed by atoms with Crippen LogP contribution in [0.15, 0.2) is 30.5 Å². The lowest BCUT2D eigenvalue weighted by Gasteiger charge is -2.28. The van der Waals surface area contributed by atoms with E-state index in [1.54, 1.807) is 7.11 Å². The number of hydrogen-bond donors (Lipinski definition) is 2. The molecule has 0 radical (unpaired) electrons. The smallest absolute Gasteiger partial charge is 0.230 e. The number of benzene rings is 1. The molecule has 19 heavy (non-hydrogen) atoms. The zero-order chi connectivity index (χ0) is 14.0. The maximum absolute atomic E-state index is 11.8. The number of nitrogens with one attached hydrogen (secondary N) is 2. The standard InChI is InChI=1S/C14H19N3O2/c1-9(2)16-17-10(3)7-14(18)15-12-6-5-11(19-4)8-13(12)17/h5-6,8-9,16H,3,7H2,1-2,4H3,(H,15,18). The van der Waals surface area contributed by atoms with Gasteiger partial charge in [0, 0.05) is 17.8 Å². The molecule has 1 heterocycles. The van der Waals surface area contributed by atoms with Gasteiger partial charge in [-0.3, -0.25) is 9.80 Å². The molecular formula is C14H19N3O2. The molecule has 2 rings (SSSR count). The summed E-state index contributed by atoms with van der Waals surface area (Å²) in [6.45, 7) is 8.05. The number of rotatable bonds is 3. The molecule has 0 saturated heterocycles. The van der Waals surface area contributed by atoms with Crippen LogP contribution in [0.1, 0.15) is 20.3 Å². The first-order valence-electron chi connectivity index (χ1n) is 6.23. The van der Waals surface area contributed by atoms with Gasteiger partial charge in [0.05, 0.1) is 24.9 Å². The molecule has 5 nitrogen and oxygen atoms in total. The van der Waals surface area contributed by atoms with Gasteiger partial charge in [-0.25, -0.2) is 5.43 Å². The zero-order valence-electron chi connectivity index (χ0n) is 11.5. The van der Waals surface area contributed by atoms with Crippen LogP contribution in [-0.2, 0) is 4.79 Å². The number of hydrogen-bond acceptors (Lipinski definition) is 4. The van der Waals surface area contributed by atoms with Crippen molar-refractivity contribution >= 4 is 17.3 Å². The molecular weight excluding hydrogens is 242 g/mol. The molecule has 102 valence electrons. The van der Waals surface area contributed by atoms with Crippen LogP contribution in [0.4, 0.5) is 11.4 Å². The predicted octanol–water partition coefficient (Wildman–Crippen LogP) is 2.27. The van der Waals surface area contributed by atoms with Crippen LogP contribution in [0, 0.1) is 0 Å². The first kappa shape index (κ1) is 13.4. The van der Waals surface area contributed by atoms with Crippen molar-refractivity contribution in [3.63, 3.8) is 0 Å². The number of amides is 1. The molecule has 0 spiro atoms. The molecule has 0 unspecified atom stereocenters. The van der Waals surface area contributed by atoms with Crippen molar-refractivity contribution < 1.29 is 9.53 Å². The third-order valence-corrected chi connectivity index (χ3v) is 2.79. The highest BCUT2D eigenvalue weighted by molar-refractivity contribution is 5.98. The topological polar surface area (TPSA) is 53.6 Å². The van der Waals surface area contributed by atoms with Gasteiger partial charge in [0.15, 0.2) is 0 Å². The van der Waals surface area contributed by atoms with Gasteiger partial charge in [-0.1, -0.05) is 6.58 Å². The van der Waals surface area contributed by atoms with E-state index < -0.39 is 0 Å². The number of methoxy groups -OCH3 is 1. The van der Waals surface area contributed by atoms with Crippen molar-refractivity contribution in [3.05, 3.63) is 30.5 Å². The summed E-state index contributed by atoms with van der Waals surface area (Å²) in [5, 5.41) is 4.72. The minimum atomic E-state index is -0.0653. The van der Waals surface area contributed by atoms with E-state index in [0.29, 0.717) is 5.70 Å². The molecule has 1 aromatic carbocycles. The van der Waals surface area contributed by atoms with Crippen LogP contribution in [0.25, 0.3) is 0 Å². The SMILES string of the molecule is C=C1CC(=O)Nc2ccc(OC)cc2N1NC(C)C. The molecule has 0 fully saturated rings. The molecule has 5 heteroatoms. The average Bonchev–Trinajstić information content (AvgIpc) is 2.46. The molecule has 0 atom stereocenters. The van der Waals surface area contributed by atoms with E-state index in [9.17, 15) is 4.79 Å². The molecule has 1 aliphatic rings. The van der Waals surface area contributed by atoms with Crippen LogP contribution < -0.4 is 20.5 Å². The van der Waals surface area contributed by atoms with Gasteiger partial charge in [-0.05, 0) is 26.0 Å². The minimum Gasteiger partial charge on any atom is -0.497 e. The average molecular weight is 261 g/mol. The Kier molecular flexibility index (Phi) is 3.76. The summed E-state index contributed by atoms with van der Waals surface area (Å²) < 4.78 is 5.24. The normalized spacial score (nSPS) is 15.1. The minimum absolute atomic E-state index is 0.0653. The third-order valence-electron chi connectivity index (χ3n) is 2.79. The van der Waals surface area contributed by atoms with E-state index in [4.69, 9.17) is 4.74 Å². The molecule has 1 amide bonds. The molecule has 0 saturated carbocycles. The molecule has 0 bridgehead atoms. The number of carbonyl (C=O) groups excluding carboxylic acids is 1. The summed E-state index contributed by atoms with van der Waals surface area (Å²) >= 11 is 0. The van der Waals surface area contributed by atoms with Gasteiger partial charge in [-0.15, -0.1) is 0 Å². The third kappa shape index (κ3) is 2.88. The van der Waals surface area contributed by atoms with Gasteiger partial charge in [0.1, 0.15) is 5.75 Å². The maximum Gasteiger partial charge on any atom is 0.230 e. The van der Waals surface area contributed by atoms with Gasteiger partial charge in [0.25, 0.3) is 0 Å². The van der Waals surface area contributed by atoms with Crippen molar-refractivity contribution in [1.29, 1.82) is 0 Å². The van der Waals surface area contributed by atoms with Crippen molar-refractivity contribution in [1.82, 2.24) is 5.43 Å². The summed E-state index contributed by atoms with van der Waals surface area (Å²) in [7, 11) is 1.62. The fraction of sp³-hybridized carbons (Fsp3) is 0.357. The first-order valence-corrected chi connectivity index (χ1v) is 6.23. The van der Waals surface area contributed by atoms with Gasteiger partial charge in [0.2, 0.25) is 5.91 Å². The van der Waals surface area contributed by atoms with Crippen molar-refractivity contribution in [2.75, 3.05) is 17.4 Å². The lowest BCUT2D eigenvalue weighted by atomic mass is 10.2. The number of ether oxygens (including phenoxy) is 1. The zero-order valence-corrected chi connectivity index (χ0v) is 11.5. The Morgan fingerprint density at radius 1 is 1.47 bits per heavy atom. The number of fused-ring (bicyclic) bond motifs is 1. The summed E-state index contributed by atoms with van der Waals surface area (Å²) in [6, 6.07) is 5.76. The quantitative estimate of drug-likeness (QED) is 0.876. The van der Waals surface area contributed by atoms with Gasteiger partial charge in [-0.2, -0.15) is 0 Å². The molecule has 0 aliphatic carbocycles. The second kappa shape index (κ2) is 5.32. The van der Waals surface area contributed by atoms with Crippen LogP contribution in [-0.4, -0.2) is 19.1 Å². The predicted molar refractivity (Wildman–Crippen MR) is 76.1 cm³/mol. The Hall–Kier alpha value is -2.01. The van der Waals surface area contributed by atoms with Crippen LogP contribution in [0.5, 0.6) is 5.75 Å². The van der Waals surface area contributed by atoms with Crippen molar-refractivity contribution in [2.24, 2.45) is 0 Å². The Morgan fingerprint density at radius 3 is 2.84 bits per heavy atom. The van der Waals surface area contributed by atoms with Crippen molar-refractivity contribution in [3.8, 4) is 5.75 Å². The van der Waals surface area contributed by atoms with E-state index in [0.717, 1.165) is 17.1 Å². The monoisotopic (exact) mass is 261 g/mol. The largest absolute Gasteiger partial charge is 0.497 e. The molecule has 1 aliphatic heterocycles. The van der Waals surface area contributed by atoms with Crippen LogP contribution in [0.2, 0.25) is 0 Å². The summed E-state index contributed by atoms with van der Waals surface area (Å²) in [4.78, 5) is 11.8. The first-order chi connectivity index (χ1) is 9.01. The Morgan fingerprint density at radius 2 is 2.21 bits per heavy atom. The van der Waals surface area contributed by atoms with E-state index >= 15 is 0 Å². The number of nitrogens with zero attached hydrogens (tertiary/aromatic N) is 1. The Bertz CT molecular complexity index is 511. The molecule has 1 aromatic rings. The van der Waals surface area contributed by atoms with E-state index in [-0.39, 0.29) is 18.4 Å². The summed E-state index contributed by atoms with van der Waals surface area (Å²) in [6.07, 6.45) is 0.261. The highest BCUT2D eigenvalue weighted by atomic mass is 16.5. The lowest BCUT2D eigenvalue weighted by molar-refractivity contribution is -0.115. The van der Waals surface area contributed by atoms with E-state index in [2.05, 4.69) is 17.3 Å². The highest BCUT2D eigenvalue weighted by Crippen LogP contribution is 2.34. The van der Waals surface area contributed by atoms with E-state index in [1.165, 1.54) is 0 Å². The van der Waals surface area contributed by atoms with Crippen molar-refractivity contribution in [2.45, 2.75) is 26.3 Å². The van der Waals surface area contributed by atoms with E-state index in [1.807, 2.05) is 37.1 Å². The van der Waals surface area contributed by atoms with Crippen LogP contribution in [0.3, 0.4) is 0 Å². The summed E-state index contributed by atoms with van der Waals surface area (Å²) in [5.41, 5.74) is 5.58. The Labute approximate surface area is 113 Å². The number of anilines is 2. The fourth-order valence-electron chi connectivity index (χ4n) is 1.98. The van der Waals surface area contributed by atoms with Crippen LogP contribution >= 0.6 is 0 Å². The Balaban J connectivity index is 2.48. The molecule has 0 aromatic heterocycles. The summed E-state index contributed by atoms with van der Waals surface area (Å²) in [5.74, 6) is 0.669. The second-order valence-corrected chi connectivity index (χ2v) is 4.79. The highest BCUT2D eigenvalue weighted by Gasteiger charge is 2.23.